The fourth-order valence-corrected chi connectivity index (χ4v) is 1.82. The fraction of sp³-hybridized carbons (Fsp3) is 0.778. The Morgan fingerprint density at radius 1 is 1.71 bits per heavy atom. The first kappa shape index (κ1) is 9.61. The van der Waals surface area contributed by atoms with Gasteiger partial charge in [-0.1, -0.05) is 5.16 Å². The maximum absolute atomic E-state index is 5.74. The standard InChI is InChI=1S/C9H16N4O/c1-13(5-9-11-6-14-12-9)8(4-10)7-2-3-7/h6-8H,2-5,10H2,1H3. The minimum Gasteiger partial charge on any atom is -0.343 e. The smallest absolute Gasteiger partial charge is 0.213 e. The molecule has 5 nitrogen and oxygen atoms in total. The number of nitrogens with two attached hydrogens (primary N) is 1. The highest BCUT2D eigenvalue weighted by atomic mass is 16.5. The van der Waals surface area contributed by atoms with E-state index in [0.717, 1.165) is 18.3 Å². The summed E-state index contributed by atoms with van der Waals surface area (Å²) in [5.41, 5.74) is 5.74. The Balaban J connectivity index is 1.90. The van der Waals surface area contributed by atoms with Crippen molar-refractivity contribution in [2.24, 2.45) is 11.7 Å². The van der Waals surface area contributed by atoms with Gasteiger partial charge in [0.05, 0.1) is 6.54 Å². The van der Waals surface area contributed by atoms with Gasteiger partial charge in [-0.15, -0.1) is 0 Å². The molecule has 1 fully saturated rings. The van der Waals surface area contributed by atoms with Crippen LogP contribution in [0.2, 0.25) is 0 Å². The molecule has 1 aromatic heterocycles. The van der Waals surface area contributed by atoms with E-state index in [1.165, 1.54) is 19.2 Å². The van der Waals surface area contributed by atoms with Crippen LogP contribution in [0.5, 0.6) is 0 Å². The van der Waals surface area contributed by atoms with Crippen molar-refractivity contribution in [2.75, 3.05) is 13.6 Å². The van der Waals surface area contributed by atoms with E-state index in [-0.39, 0.29) is 0 Å². The van der Waals surface area contributed by atoms with Crippen LogP contribution in [0.3, 0.4) is 0 Å². The lowest BCUT2D eigenvalue weighted by Gasteiger charge is -2.25. The van der Waals surface area contributed by atoms with Gasteiger partial charge in [-0.05, 0) is 25.8 Å². The van der Waals surface area contributed by atoms with Crippen molar-refractivity contribution in [1.82, 2.24) is 15.0 Å². The third-order valence-electron chi connectivity index (χ3n) is 2.77. The van der Waals surface area contributed by atoms with Gasteiger partial charge in [-0.25, -0.2) is 0 Å². The molecule has 1 unspecified atom stereocenters. The second-order valence-electron chi connectivity index (χ2n) is 3.90. The Kier molecular flexibility index (Phi) is 2.79. The highest BCUT2D eigenvalue weighted by Crippen LogP contribution is 2.34. The summed E-state index contributed by atoms with van der Waals surface area (Å²) < 4.78 is 4.69. The fourth-order valence-electron chi connectivity index (χ4n) is 1.82. The van der Waals surface area contributed by atoms with Gasteiger partial charge in [0.1, 0.15) is 0 Å². The van der Waals surface area contributed by atoms with Crippen LogP contribution in [0.15, 0.2) is 10.9 Å². The molecule has 1 saturated carbocycles. The van der Waals surface area contributed by atoms with Crippen molar-refractivity contribution in [2.45, 2.75) is 25.4 Å². The monoisotopic (exact) mass is 196 g/mol. The van der Waals surface area contributed by atoms with Gasteiger partial charge >= 0.3 is 0 Å². The maximum atomic E-state index is 5.74. The quantitative estimate of drug-likeness (QED) is 0.730. The summed E-state index contributed by atoms with van der Waals surface area (Å²) in [6.07, 6.45) is 3.97. The summed E-state index contributed by atoms with van der Waals surface area (Å²) in [7, 11) is 2.06. The van der Waals surface area contributed by atoms with Crippen LogP contribution in [0.25, 0.3) is 0 Å². The van der Waals surface area contributed by atoms with E-state index in [4.69, 9.17) is 5.73 Å². The highest BCUT2D eigenvalue weighted by Gasteiger charge is 2.33. The van der Waals surface area contributed by atoms with Crippen LogP contribution in [0.1, 0.15) is 18.7 Å². The van der Waals surface area contributed by atoms with Crippen molar-refractivity contribution in [3.05, 3.63) is 12.2 Å². The van der Waals surface area contributed by atoms with Crippen LogP contribution in [-0.2, 0) is 6.54 Å². The van der Waals surface area contributed by atoms with E-state index >= 15 is 0 Å². The molecule has 2 rings (SSSR count). The molecule has 0 aliphatic heterocycles. The Hall–Kier alpha value is -0.940. The molecule has 1 heterocycles. The zero-order chi connectivity index (χ0) is 9.97. The number of rotatable bonds is 5. The van der Waals surface area contributed by atoms with Crippen LogP contribution >= 0.6 is 0 Å². The lowest BCUT2D eigenvalue weighted by atomic mass is 10.1. The predicted octanol–water partition coefficient (Wildman–Crippen LogP) is 0.239. The third-order valence-corrected chi connectivity index (χ3v) is 2.77. The Morgan fingerprint density at radius 2 is 2.50 bits per heavy atom. The molecule has 0 saturated heterocycles. The van der Waals surface area contributed by atoms with Crippen molar-refractivity contribution in [1.29, 1.82) is 0 Å². The van der Waals surface area contributed by atoms with E-state index in [9.17, 15) is 0 Å². The molecule has 1 aliphatic rings. The number of aromatic nitrogens is 2. The molecule has 0 amide bonds. The van der Waals surface area contributed by atoms with Gasteiger partial charge < -0.3 is 10.3 Å². The summed E-state index contributed by atoms with van der Waals surface area (Å²) in [5, 5.41) is 3.78. The summed E-state index contributed by atoms with van der Waals surface area (Å²) in [6, 6.07) is 0.466. The van der Waals surface area contributed by atoms with Crippen LogP contribution in [0.4, 0.5) is 0 Å². The first-order chi connectivity index (χ1) is 6.81. The molecule has 1 aliphatic carbocycles. The first-order valence-electron chi connectivity index (χ1n) is 4.97. The molecule has 14 heavy (non-hydrogen) atoms. The van der Waals surface area contributed by atoms with Crippen molar-refractivity contribution >= 4 is 0 Å². The van der Waals surface area contributed by atoms with Crippen molar-refractivity contribution in [3.8, 4) is 0 Å². The molecule has 1 aromatic rings. The van der Waals surface area contributed by atoms with Crippen molar-refractivity contribution in [3.63, 3.8) is 0 Å². The predicted molar refractivity (Wildman–Crippen MR) is 51.3 cm³/mol. The lowest BCUT2D eigenvalue weighted by molar-refractivity contribution is 0.208. The van der Waals surface area contributed by atoms with Gasteiger partial charge in [0.2, 0.25) is 6.39 Å². The van der Waals surface area contributed by atoms with E-state index in [0.29, 0.717) is 12.6 Å². The number of nitrogens with zero attached hydrogens (tertiary/aromatic N) is 3. The van der Waals surface area contributed by atoms with Gasteiger partial charge in [0.15, 0.2) is 5.82 Å². The molecule has 0 spiro atoms. The van der Waals surface area contributed by atoms with Crippen LogP contribution in [-0.4, -0.2) is 34.7 Å². The SMILES string of the molecule is CN(Cc1ncon1)C(CN)C1CC1. The third kappa shape index (κ3) is 2.10. The summed E-state index contributed by atoms with van der Waals surface area (Å²) in [6.45, 7) is 1.42. The minimum atomic E-state index is 0.466. The number of hydrogen-bond acceptors (Lipinski definition) is 5. The normalized spacial score (nSPS) is 18.8. The molecule has 0 bridgehead atoms. The van der Waals surface area contributed by atoms with Crippen LogP contribution in [0, 0.1) is 5.92 Å². The molecule has 5 heteroatoms. The van der Waals surface area contributed by atoms with Crippen LogP contribution < -0.4 is 5.73 Å². The molecule has 1 atom stereocenters. The Labute approximate surface area is 83.3 Å². The molecule has 0 aromatic carbocycles. The Bertz CT molecular complexity index is 270. The van der Waals surface area contributed by atoms with Gasteiger partial charge in [-0.2, -0.15) is 4.98 Å². The number of hydrogen-bond donors (Lipinski definition) is 1. The second-order valence-corrected chi connectivity index (χ2v) is 3.90. The largest absolute Gasteiger partial charge is 0.343 e. The van der Waals surface area contributed by atoms with E-state index < -0.39 is 0 Å². The maximum Gasteiger partial charge on any atom is 0.213 e. The molecule has 78 valence electrons. The topological polar surface area (TPSA) is 68.2 Å². The van der Waals surface area contributed by atoms with Crippen molar-refractivity contribution < 1.29 is 4.52 Å². The zero-order valence-electron chi connectivity index (χ0n) is 8.39. The van der Waals surface area contributed by atoms with Gasteiger partial charge in [0, 0.05) is 12.6 Å². The zero-order valence-corrected chi connectivity index (χ0v) is 8.39. The second kappa shape index (κ2) is 4.06. The highest BCUT2D eigenvalue weighted by molar-refractivity contribution is 4.89. The Morgan fingerprint density at radius 3 is 3.00 bits per heavy atom. The average Bonchev–Trinajstić information content (AvgIpc) is 2.86. The molecule has 2 N–H and O–H groups in total. The van der Waals surface area contributed by atoms with Gasteiger partial charge in [0.25, 0.3) is 0 Å². The molecular formula is C9H16N4O. The molecular weight excluding hydrogens is 180 g/mol. The summed E-state index contributed by atoms with van der Waals surface area (Å²) in [5.74, 6) is 1.50. The first-order valence-corrected chi connectivity index (χ1v) is 4.97. The minimum absolute atomic E-state index is 0.466. The van der Waals surface area contributed by atoms with Gasteiger partial charge in [-0.3, -0.25) is 4.90 Å². The summed E-state index contributed by atoms with van der Waals surface area (Å²) >= 11 is 0. The van der Waals surface area contributed by atoms with E-state index in [1.807, 2.05) is 0 Å². The average molecular weight is 196 g/mol. The lowest BCUT2D eigenvalue weighted by Crippen LogP contribution is -2.39. The molecule has 0 radical (unpaired) electrons. The number of likely N-dealkylation sites (N-methyl/N-ethyl adjacent to an activating group) is 1. The summed E-state index contributed by atoms with van der Waals surface area (Å²) in [4.78, 5) is 6.20. The van der Waals surface area contributed by atoms with E-state index in [1.54, 1.807) is 0 Å². The van der Waals surface area contributed by atoms with E-state index in [2.05, 4.69) is 26.6 Å².